The molecule has 0 fully saturated rings. The van der Waals surface area contributed by atoms with E-state index in [1.165, 1.54) is 6.42 Å². The lowest BCUT2D eigenvalue weighted by molar-refractivity contribution is -0.899. The Kier molecular flexibility index (Phi) is 3.15. The topological polar surface area (TPSA) is 12.0 Å². The van der Waals surface area contributed by atoms with Crippen molar-refractivity contribution in [2.24, 2.45) is 0 Å². The molecule has 0 aliphatic rings. The van der Waals surface area contributed by atoms with Crippen LogP contribution in [0.5, 0.6) is 0 Å². The zero-order valence-corrected chi connectivity index (χ0v) is 7.23. The second kappa shape index (κ2) is 3.18. The van der Waals surface area contributed by atoms with E-state index in [4.69, 9.17) is 0 Å². The highest BCUT2D eigenvalue weighted by Crippen LogP contribution is 2.01. The van der Waals surface area contributed by atoms with Gasteiger partial charge in [0.25, 0.3) is 0 Å². The molecule has 1 unspecified atom stereocenters. The van der Waals surface area contributed by atoms with Crippen molar-refractivity contribution in [1.29, 1.82) is 0 Å². The van der Waals surface area contributed by atoms with E-state index in [-0.39, 0.29) is 0 Å². The summed E-state index contributed by atoms with van der Waals surface area (Å²) in [5.41, 5.74) is 0. The molecule has 0 amide bonds. The lowest BCUT2D eigenvalue weighted by Crippen LogP contribution is -2.51. The standard InChI is InChI=1S/C7H19N2/c1-6-7(8-2)9(3,4)5/h7-8H,6H2,1-5H3/q+1. The Balaban J connectivity index is 3.79. The van der Waals surface area contributed by atoms with Crippen LogP contribution in [0.15, 0.2) is 0 Å². The van der Waals surface area contributed by atoms with E-state index >= 15 is 0 Å². The van der Waals surface area contributed by atoms with Gasteiger partial charge in [-0.15, -0.1) is 0 Å². The fourth-order valence-corrected chi connectivity index (χ4v) is 1.14. The van der Waals surface area contributed by atoms with Crippen LogP contribution in [-0.4, -0.2) is 38.8 Å². The minimum Gasteiger partial charge on any atom is -0.316 e. The van der Waals surface area contributed by atoms with E-state index < -0.39 is 0 Å². The zero-order valence-electron chi connectivity index (χ0n) is 7.23. The maximum Gasteiger partial charge on any atom is 0.141 e. The monoisotopic (exact) mass is 131 g/mol. The first-order valence-electron chi connectivity index (χ1n) is 3.50. The van der Waals surface area contributed by atoms with E-state index in [9.17, 15) is 0 Å². The van der Waals surface area contributed by atoms with Gasteiger partial charge in [0, 0.05) is 6.42 Å². The van der Waals surface area contributed by atoms with Crippen molar-refractivity contribution in [3.05, 3.63) is 0 Å². The molecule has 0 aliphatic heterocycles. The van der Waals surface area contributed by atoms with Gasteiger partial charge >= 0.3 is 0 Å². The van der Waals surface area contributed by atoms with Crippen molar-refractivity contribution in [1.82, 2.24) is 5.32 Å². The number of quaternary nitrogens is 1. The summed E-state index contributed by atoms with van der Waals surface area (Å²) < 4.78 is 0.993. The van der Waals surface area contributed by atoms with Crippen LogP contribution in [0.25, 0.3) is 0 Å². The molecule has 0 saturated heterocycles. The maximum absolute atomic E-state index is 3.26. The summed E-state index contributed by atoms with van der Waals surface area (Å²) in [6.45, 7) is 2.20. The molecular formula is C7H19N2+. The molecule has 0 heterocycles. The number of hydrogen-bond acceptors (Lipinski definition) is 1. The van der Waals surface area contributed by atoms with Crippen LogP contribution in [0.4, 0.5) is 0 Å². The van der Waals surface area contributed by atoms with Crippen molar-refractivity contribution >= 4 is 0 Å². The van der Waals surface area contributed by atoms with Crippen LogP contribution in [0, 0.1) is 0 Å². The van der Waals surface area contributed by atoms with Crippen molar-refractivity contribution in [3.63, 3.8) is 0 Å². The Morgan fingerprint density at radius 3 is 1.78 bits per heavy atom. The van der Waals surface area contributed by atoms with E-state index in [1.54, 1.807) is 0 Å². The van der Waals surface area contributed by atoms with Gasteiger partial charge in [0.05, 0.1) is 21.1 Å². The Morgan fingerprint density at radius 2 is 1.78 bits per heavy atom. The zero-order chi connectivity index (χ0) is 7.49. The predicted octanol–water partition coefficient (Wildman–Crippen LogP) is 0.648. The van der Waals surface area contributed by atoms with Crippen LogP contribution in [0.2, 0.25) is 0 Å². The Bertz CT molecular complexity index is 69.5. The van der Waals surface area contributed by atoms with Gasteiger partial charge in [0.2, 0.25) is 0 Å². The van der Waals surface area contributed by atoms with Gasteiger partial charge in [-0.05, 0) is 7.05 Å². The summed E-state index contributed by atoms with van der Waals surface area (Å²) in [6.07, 6.45) is 1.77. The summed E-state index contributed by atoms with van der Waals surface area (Å²) in [7, 11) is 8.61. The highest BCUT2D eigenvalue weighted by molar-refractivity contribution is 4.45. The second-order valence-corrected chi connectivity index (χ2v) is 3.33. The summed E-state index contributed by atoms with van der Waals surface area (Å²) >= 11 is 0. The molecule has 1 atom stereocenters. The van der Waals surface area contributed by atoms with Gasteiger partial charge in [-0.1, -0.05) is 6.92 Å². The van der Waals surface area contributed by atoms with E-state index in [0.717, 1.165) is 4.48 Å². The Labute approximate surface area is 58.4 Å². The molecule has 0 aromatic rings. The molecule has 0 aromatic heterocycles. The van der Waals surface area contributed by atoms with Crippen molar-refractivity contribution in [2.75, 3.05) is 28.2 Å². The molecule has 0 spiro atoms. The normalized spacial score (nSPS) is 15.7. The summed E-state index contributed by atoms with van der Waals surface area (Å²) in [5, 5.41) is 3.26. The van der Waals surface area contributed by atoms with Crippen LogP contribution >= 0.6 is 0 Å². The number of nitrogens with zero attached hydrogens (tertiary/aromatic N) is 1. The first-order valence-corrected chi connectivity index (χ1v) is 3.50. The van der Waals surface area contributed by atoms with Crippen molar-refractivity contribution in [3.8, 4) is 0 Å². The minimum absolute atomic E-state index is 0.588. The number of hydrogen-bond donors (Lipinski definition) is 1. The SMILES string of the molecule is CCC(NC)[N+](C)(C)C. The molecule has 0 radical (unpaired) electrons. The molecule has 0 bridgehead atoms. The fourth-order valence-electron chi connectivity index (χ4n) is 1.14. The summed E-state index contributed by atoms with van der Waals surface area (Å²) in [5.74, 6) is 0. The minimum atomic E-state index is 0.588. The average Bonchev–Trinajstić information content (AvgIpc) is 1.65. The molecule has 56 valence electrons. The largest absolute Gasteiger partial charge is 0.316 e. The third-order valence-electron chi connectivity index (χ3n) is 1.65. The van der Waals surface area contributed by atoms with Crippen LogP contribution in [-0.2, 0) is 0 Å². The highest BCUT2D eigenvalue weighted by Gasteiger charge is 2.18. The molecular weight excluding hydrogens is 112 g/mol. The Morgan fingerprint density at radius 1 is 1.33 bits per heavy atom. The first-order chi connectivity index (χ1) is 4.02. The summed E-state index contributed by atoms with van der Waals surface area (Å²) in [6, 6.07) is 0. The van der Waals surface area contributed by atoms with Crippen molar-refractivity contribution in [2.45, 2.75) is 19.5 Å². The highest BCUT2D eigenvalue weighted by atomic mass is 15.4. The summed E-state index contributed by atoms with van der Waals surface area (Å²) in [4.78, 5) is 0. The predicted molar refractivity (Wildman–Crippen MR) is 41.2 cm³/mol. The van der Waals surface area contributed by atoms with E-state index in [0.29, 0.717) is 6.17 Å². The Hall–Kier alpha value is -0.0800. The first kappa shape index (κ1) is 8.92. The molecule has 0 rings (SSSR count). The lowest BCUT2D eigenvalue weighted by atomic mass is 10.3. The van der Waals surface area contributed by atoms with Gasteiger partial charge in [-0.3, -0.25) is 5.32 Å². The lowest BCUT2D eigenvalue weighted by Gasteiger charge is -2.32. The number of nitrogens with one attached hydrogen (secondary N) is 1. The molecule has 2 heteroatoms. The average molecular weight is 131 g/mol. The van der Waals surface area contributed by atoms with Crippen LogP contribution in [0.1, 0.15) is 13.3 Å². The quantitative estimate of drug-likeness (QED) is 0.438. The van der Waals surface area contributed by atoms with Gasteiger partial charge in [-0.2, -0.15) is 0 Å². The molecule has 0 aromatic carbocycles. The van der Waals surface area contributed by atoms with Gasteiger partial charge in [0.1, 0.15) is 6.17 Å². The van der Waals surface area contributed by atoms with Crippen LogP contribution in [0.3, 0.4) is 0 Å². The number of rotatable bonds is 3. The van der Waals surface area contributed by atoms with Gasteiger partial charge in [-0.25, -0.2) is 0 Å². The maximum atomic E-state index is 3.26. The smallest absolute Gasteiger partial charge is 0.141 e. The van der Waals surface area contributed by atoms with Gasteiger partial charge < -0.3 is 4.48 Å². The fraction of sp³-hybridized carbons (Fsp3) is 1.00. The molecule has 2 nitrogen and oxygen atoms in total. The molecule has 1 N–H and O–H groups in total. The molecule has 9 heavy (non-hydrogen) atoms. The van der Waals surface area contributed by atoms with E-state index in [2.05, 4.69) is 33.4 Å². The third kappa shape index (κ3) is 2.82. The van der Waals surface area contributed by atoms with Crippen LogP contribution < -0.4 is 5.32 Å². The van der Waals surface area contributed by atoms with Crippen molar-refractivity contribution < 1.29 is 4.48 Å². The molecule has 0 aliphatic carbocycles. The van der Waals surface area contributed by atoms with Gasteiger partial charge in [0.15, 0.2) is 0 Å². The third-order valence-corrected chi connectivity index (χ3v) is 1.65. The second-order valence-electron chi connectivity index (χ2n) is 3.33. The van der Waals surface area contributed by atoms with E-state index in [1.807, 2.05) is 7.05 Å². The molecule has 0 saturated carbocycles.